The molecule has 0 saturated carbocycles. The molecule has 0 unspecified atom stereocenters. The Morgan fingerprint density at radius 1 is 1.42 bits per heavy atom. The molecule has 0 amide bonds. The highest BCUT2D eigenvalue weighted by molar-refractivity contribution is 6.33. The number of carboxylic acid groups (broad SMARTS) is 1. The highest BCUT2D eigenvalue weighted by Gasteiger charge is 2.11. The van der Waals surface area contributed by atoms with Gasteiger partial charge in [0.15, 0.2) is 0 Å². The summed E-state index contributed by atoms with van der Waals surface area (Å²) in [7, 11) is 0. The predicted octanol–water partition coefficient (Wildman–Crippen LogP) is 3.66. The zero-order chi connectivity index (χ0) is 13.8. The van der Waals surface area contributed by atoms with Gasteiger partial charge in [-0.25, -0.2) is 4.79 Å². The molecular formula is C14H17ClN2O2. The zero-order valence-electron chi connectivity index (χ0n) is 10.7. The normalized spacial score (nSPS) is 18.6. The number of aromatic carboxylic acids is 1. The highest BCUT2D eigenvalue weighted by Crippen LogP contribution is 2.22. The Hall–Kier alpha value is -1.68. The molecule has 1 aromatic rings. The van der Waals surface area contributed by atoms with E-state index in [-0.39, 0.29) is 10.6 Å². The molecule has 2 rings (SSSR count). The van der Waals surface area contributed by atoms with Crippen molar-refractivity contribution in [1.29, 1.82) is 0 Å². The fourth-order valence-electron chi connectivity index (χ4n) is 2.15. The molecule has 1 aliphatic rings. The van der Waals surface area contributed by atoms with Gasteiger partial charge in [0.25, 0.3) is 0 Å². The maximum Gasteiger partial charge on any atom is 0.337 e. The lowest BCUT2D eigenvalue weighted by Gasteiger charge is -2.20. The van der Waals surface area contributed by atoms with Crippen LogP contribution in [0.1, 0.15) is 36.5 Å². The summed E-state index contributed by atoms with van der Waals surface area (Å²) in [4.78, 5) is 11.0. The van der Waals surface area contributed by atoms with Crippen LogP contribution in [0.15, 0.2) is 30.0 Å². The van der Waals surface area contributed by atoms with Gasteiger partial charge in [-0.1, -0.05) is 24.6 Å². The Morgan fingerprint density at radius 2 is 2.21 bits per heavy atom. The molecular weight excluding hydrogens is 264 g/mol. The van der Waals surface area contributed by atoms with Crippen molar-refractivity contribution in [3.63, 3.8) is 0 Å². The fourth-order valence-corrected chi connectivity index (χ4v) is 2.35. The van der Waals surface area contributed by atoms with Gasteiger partial charge in [0, 0.05) is 5.70 Å². The lowest BCUT2D eigenvalue weighted by molar-refractivity contribution is 0.0697. The van der Waals surface area contributed by atoms with Crippen LogP contribution >= 0.6 is 11.6 Å². The van der Waals surface area contributed by atoms with Gasteiger partial charge < -0.3 is 16.0 Å². The topological polar surface area (TPSA) is 61.4 Å². The van der Waals surface area contributed by atoms with Crippen LogP contribution < -0.4 is 10.9 Å². The van der Waals surface area contributed by atoms with Gasteiger partial charge in [-0.05, 0) is 43.4 Å². The van der Waals surface area contributed by atoms with Crippen LogP contribution in [-0.4, -0.2) is 11.1 Å². The van der Waals surface area contributed by atoms with Gasteiger partial charge in [-0.2, -0.15) is 0 Å². The smallest absolute Gasteiger partial charge is 0.337 e. The number of nitrogens with one attached hydrogen (secondary N) is 2. The predicted molar refractivity (Wildman–Crippen MR) is 76.3 cm³/mol. The summed E-state index contributed by atoms with van der Waals surface area (Å²) in [6.07, 6.45) is 5.60. The molecule has 5 heteroatoms. The monoisotopic (exact) mass is 280 g/mol. The molecule has 4 nitrogen and oxygen atoms in total. The van der Waals surface area contributed by atoms with Crippen LogP contribution in [0.2, 0.25) is 5.02 Å². The molecule has 0 spiro atoms. The molecule has 0 bridgehead atoms. The molecule has 1 atom stereocenters. The lowest BCUT2D eigenvalue weighted by Crippen LogP contribution is -2.23. The lowest BCUT2D eigenvalue weighted by atomic mass is 9.96. The number of rotatable bonds is 4. The first-order valence-electron chi connectivity index (χ1n) is 6.32. The van der Waals surface area contributed by atoms with Crippen molar-refractivity contribution in [1.82, 2.24) is 5.43 Å². The molecule has 19 heavy (non-hydrogen) atoms. The molecule has 0 saturated heterocycles. The standard InChI is InChI=1S/C14H17ClN2O2/c1-9-3-2-4-10(7-9)16-17-11-5-6-13(15)12(8-11)14(18)19/h5-9,16-17H,2-4H2,1H3,(H,18,19)/t9-/m1/s1. The van der Waals surface area contributed by atoms with Crippen LogP contribution in [0.25, 0.3) is 0 Å². The SMILES string of the molecule is C[C@H]1C=C(NNc2ccc(Cl)c(C(=O)O)c2)CCC1. The van der Waals surface area contributed by atoms with Crippen LogP contribution in [0.5, 0.6) is 0 Å². The molecule has 1 aromatic carbocycles. The largest absolute Gasteiger partial charge is 0.478 e. The third-order valence-electron chi connectivity index (χ3n) is 3.16. The summed E-state index contributed by atoms with van der Waals surface area (Å²) in [6.45, 7) is 2.19. The van der Waals surface area contributed by atoms with Crippen LogP contribution in [0, 0.1) is 5.92 Å². The average Bonchev–Trinajstić information content (AvgIpc) is 2.37. The van der Waals surface area contributed by atoms with E-state index in [1.54, 1.807) is 12.1 Å². The van der Waals surface area contributed by atoms with E-state index in [0.717, 1.165) is 12.1 Å². The number of anilines is 1. The Morgan fingerprint density at radius 3 is 2.89 bits per heavy atom. The molecule has 102 valence electrons. The van der Waals surface area contributed by atoms with E-state index >= 15 is 0 Å². The molecule has 0 aliphatic heterocycles. The number of hydrogen-bond donors (Lipinski definition) is 3. The third kappa shape index (κ3) is 3.64. The van der Waals surface area contributed by atoms with Gasteiger partial charge in [0.1, 0.15) is 0 Å². The summed E-state index contributed by atoms with van der Waals surface area (Å²) in [5, 5.41) is 9.24. The van der Waals surface area contributed by atoms with Gasteiger partial charge in [0.2, 0.25) is 0 Å². The Balaban J connectivity index is 2.04. The van der Waals surface area contributed by atoms with Gasteiger partial charge in [-0.3, -0.25) is 0 Å². The molecule has 0 fully saturated rings. The molecule has 0 heterocycles. The average molecular weight is 281 g/mol. The van der Waals surface area contributed by atoms with Crippen molar-refractivity contribution in [2.45, 2.75) is 26.2 Å². The fraction of sp³-hybridized carbons (Fsp3) is 0.357. The van der Waals surface area contributed by atoms with Crippen LogP contribution in [-0.2, 0) is 0 Å². The minimum Gasteiger partial charge on any atom is -0.478 e. The van der Waals surface area contributed by atoms with E-state index < -0.39 is 5.97 Å². The maximum atomic E-state index is 11.0. The number of halogens is 1. The first-order chi connectivity index (χ1) is 9.06. The molecule has 1 aliphatic carbocycles. The van der Waals surface area contributed by atoms with E-state index in [2.05, 4.69) is 23.9 Å². The number of hydrogen-bond acceptors (Lipinski definition) is 3. The van der Waals surface area contributed by atoms with Crippen molar-refractivity contribution in [3.8, 4) is 0 Å². The van der Waals surface area contributed by atoms with Gasteiger partial charge in [0.05, 0.1) is 16.3 Å². The Labute approximate surface area is 117 Å². The number of allylic oxidation sites excluding steroid dienone is 2. The van der Waals surface area contributed by atoms with Crippen molar-refractivity contribution >= 4 is 23.3 Å². The second kappa shape index (κ2) is 5.97. The summed E-state index contributed by atoms with van der Waals surface area (Å²) < 4.78 is 0. The van der Waals surface area contributed by atoms with E-state index in [4.69, 9.17) is 16.7 Å². The quantitative estimate of drug-likeness (QED) is 0.737. The summed E-state index contributed by atoms with van der Waals surface area (Å²) in [6, 6.07) is 4.84. The second-order valence-corrected chi connectivity index (χ2v) is 5.22. The van der Waals surface area contributed by atoms with Crippen molar-refractivity contribution in [2.24, 2.45) is 5.92 Å². The Bertz CT molecular complexity index is 514. The zero-order valence-corrected chi connectivity index (χ0v) is 11.5. The minimum absolute atomic E-state index is 0.0967. The number of carboxylic acids is 1. The van der Waals surface area contributed by atoms with E-state index in [1.165, 1.54) is 18.9 Å². The number of carbonyl (C=O) groups is 1. The molecule has 0 radical (unpaired) electrons. The summed E-state index contributed by atoms with van der Waals surface area (Å²) in [5.41, 5.74) is 8.07. The van der Waals surface area contributed by atoms with Gasteiger partial charge in [-0.15, -0.1) is 0 Å². The minimum atomic E-state index is -1.03. The van der Waals surface area contributed by atoms with Gasteiger partial charge >= 0.3 is 5.97 Å². The van der Waals surface area contributed by atoms with Crippen molar-refractivity contribution < 1.29 is 9.90 Å². The first kappa shape index (κ1) is 13.7. The van der Waals surface area contributed by atoms with Crippen molar-refractivity contribution in [3.05, 3.63) is 40.6 Å². The van der Waals surface area contributed by atoms with E-state index in [9.17, 15) is 4.79 Å². The third-order valence-corrected chi connectivity index (χ3v) is 3.49. The second-order valence-electron chi connectivity index (χ2n) is 4.81. The number of benzene rings is 1. The van der Waals surface area contributed by atoms with E-state index in [1.807, 2.05) is 0 Å². The first-order valence-corrected chi connectivity index (χ1v) is 6.69. The molecule has 3 N–H and O–H groups in total. The summed E-state index contributed by atoms with van der Waals surface area (Å²) in [5.74, 6) is -0.447. The highest BCUT2D eigenvalue weighted by atomic mass is 35.5. The summed E-state index contributed by atoms with van der Waals surface area (Å²) >= 11 is 5.82. The van der Waals surface area contributed by atoms with E-state index in [0.29, 0.717) is 11.6 Å². The Kier molecular flexibility index (Phi) is 4.32. The van der Waals surface area contributed by atoms with Crippen LogP contribution in [0.4, 0.5) is 5.69 Å². The molecule has 0 aromatic heterocycles. The number of hydrazine groups is 1. The van der Waals surface area contributed by atoms with Crippen molar-refractivity contribution in [2.75, 3.05) is 5.43 Å². The van der Waals surface area contributed by atoms with Crippen LogP contribution in [0.3, 0.4) is 0 Å². The maximum absolute atomic E-state index is 11.0.